The lowest BCUT2D eigenvalue weighted by atomic mass is 10.1. The minimum Gasteiger partial charge on any atom is -0.300 e. The van der Waals surface area contributed by atoms with Gasteiger partial charge in [-0.3, -0.25) is 9.59 Å². The Labute approximate surface area is 127 Å². The molecule has 0 radical (unpaired) electrons. The van der Waals surface area contributed by atoms with Gasteiger partial charge in [0.15, 0.2) is 0 Å². The Balaban J connectivity index is 2.02. The number of fused-ring (bicyclic) bond motifs is 1. The molecule has 3 nitrogen and oxygen atoms in total. The van der Waals surface area contributed by atoms with E-state index in [1.165, 1.54) is 29.2 Å². The highest BCUT2D eigenvalue weighted by Gasteiger charge is 2.36. The number of nitrogens with zero attached hydrogens (tertiary/aromatic N) is 1. The second-order valence-corrected chi connectivity index (χ2v) is 5.47. The number of ketones is 1. The van der Waals surface area contributed by atoms with Crippen LogP contribution in [-0.2, 0) is 11.3 Å². The van der Waals surface area contributed by atoms with E-state index < -0.39 is 23.3 Å². The molecule has 0 aliphatic carbocycles. The van der Waals surface area contributed by atoms with Gasteiger partial charge < -0.3 is 4.90 Å². The van der Waals surface area contributed by atoms with E-state index in [-0.39, 0.29) is 17.8 Å². The van der Waals surface area contributed by atoms with Crippen LogP contribution in [0.15, 0.2) is 40.9 Å². The van der Waals surface area contributed by atoms with E-state index in [0.717, 1.165) is 12.1 Å². The van der Waals surface area contributed by atoms with Gasteiger partial charge in [-0.25, -0.2) is 8.78 Å². The molecule has 3 rings (SSSR count). The lowest BCUT2D eigenvalue weighted by molar-refractivity contribution is -0.114. The largest absolute Gasteiger partial charge is 0.300 e. The van der Waals surface area contributed by atoms with Crippen molar-refractivity contribution in [2.24, 2.45) is 0 Å². The predicted molar refractivity (Wildman–Crippen MR) is 76.0 cm³/mol. The number of anilines is 1. The summed E-state index contributed by atoms with van der Waals surface area (Å²) in [6.45, 7) is 0.0574. The maximum Gasteiger partial charge on any atom is 0.299 e. The first-order valence-electron chi connectivity index (χ1n) is 6.07. The summed E-state index contributed by atoms with van der Waals surface area (Å²) in [7, 11) is 0. The van der Waals surface area contributed by atoms with Crippen molar-refractivity contribution in [1.82, 2.24) is 0 Å². The molecular weight excluding hydrogens is 344 g/mol. The first-order chi connectivity index (χ1) is 9.97. The van der Waals surface area contributed by atoms with Crippen LogP contribution < -0.4 is 4.90 Å². The number of hydrogen-bond acceptors (Lipinski definition) is 2. The molecule has 1 heterocycles. The average molecular weight is 352 g/mol. The molecule has 0 fully saturated rings. The number of carbonyl (C=O) groups is 2. The third kappa shape index (κ3) is 2.35. The van der Waals surface area contributed by atoms with Gasteiger partial charge in [0.05, 0.1) is 17.8 Å². The van der Waals surface area contributed by atoms with E-state index in [0.29, 0.717) is 10.0 Å². The maximum atomic E-state index is 13.4. The fourth-order valence-corrected chi connectivity index (χ4v) is 2.72. The second kappa shape index (κ2) is 5.04. The highest BCUT2D eigenvalue weighted by atomic mass is 79.9. The van der Waals surface area contributed by atoms with Gasteiger partial charge in [-0.1, -0.05) is 22.0 Å². The molecule has 0 saturated heterocycles. The molecule has 2 aromatic rings. The first-order valence-corrected chi connectivity index (χ1v) is 6.86. The fourth-order valence-electron chi connectivity index (χ4n) is 2.24. The molecule has 0 saturated carbocycles. The Morgan fingerprint density at radius 2 is 1.67 bits per heavy atom. The number of benzene rings is 2. The Bertz CT molecular complexity index is 776. The van der Waals surface area contributed by atoms with Crippen LogP contribution in [0, 0.1) is 11.6 Å². The SMILES string of the molecule is O=C1C(=O)N(Cc2ccc(F)cc2Br)c2cc(F)ccc21. The van der Waals surface area contributed by atoms with Gasteiger partial charge in [-0.2, -0.15) is 0 Å². The second-order valence-electron chi connectivity index (χ2n) is 4.62. The molecule has 0 atom stereocenters. The van der Waals surface area contributed by atoms with Gasteiger partial charge in [0, 0.05) is 4.47 Å². The lowest BCUT2D eigenvalue weighted by Crippen LogP contribution is -2.29. The Kier molecular flexibility index (Phi) is 3.33. The van der Waals surface area contributed by atoms with Crippen molar-refractivity contribution in [3.63, 3.8) is 0 Å². The van der Waals surface area contributed by atoms with Crippen molar-refractivity contribution in [2.45, 2.75) is 6.54 Å². The van der Waals surface area contributed by atoms with Crippen LogP contribution in [0.25, 0.3) is 0 Å². The van der Waals surface area contributed by atoms with E-state index in [1.807, 2.05) is 0 Å². The number of halogens is 3. The summed E-state index contributed by atoms with van der Waals surface area (Å²) in [5.41, 5.74) is 1.04. The predicted octanol–water partition coefficient (Wildman–Crippen LogP) is 3.46. The van der Waals surface area contributed by atoms with Crippen molar-refractivity contribution in [1.29, 1.82) is 0 Å². The Hall–Kier alpha value is -2.08. The van der Waals surface area contributed by atoms with E-state index >= 15 is 0 Å². The van der Waals surface area contributed by atoms with Gasteiger partial charge in [-0.15, -0.1) is 0 Å². The highest BCUT2D eigenvalue weighted by Crippen LogP contribution is 2.32. The monoisotopic (exact) mass is 351 g/mol. The third-order valence-electron chi connectivity index (χ3n) is 3.28. The van der Waals surface area contributed by atoms with Crippen LogP contribution in [0.2, 0.25) is 0 Å². The molecule has 1 amide bonds. The van der Waals surface area contributed by atoms with Gasteiger partial charge in [0.25, 0.3) is 11.7 Å². The lowest BCUT2D eigenvalue weighted by Gasteiger charge is -2.17. The molecule has 0 spiro atoms. The van der Waals surface area contributed by atoms with Gasteiger partial charge in [0.2, 0.25) is 0 Å². The standard InChI is InChI=1S/C15H8BrF2NO2/c16-12-5-9(17)2-1-8(12)7-19-13-6-10(18)3-4-11(13)14(20)15(19)21/h1-6H,7H2. The summed E-state index contributed by atoms with van der Waals surface area (Å²) in [6.07, 6.45) is 0. The average Bonchev–Trinajstić information content (AvgIpc) is 2.66. The fraction of sp³-hybridized carbons (Fsp3) is 0.0667. The Morgan fingerprint density at radius 1 is 1.00 bits per heavy atom. The van der Waals surface area contributed by atoms with Crippen molar-refractivity contribution >= 4 is 33.3 Å². The molecule has 1 aliphatic rings. The van der Waals surface area contributed by atoms with Crippen LogP contribution in [0.3, 0.4) is 0 Å². The molecule has 2 aromatic carbocycles. The number of Topliss-reactive ketones (excluding diaryl/α,β-unsaturated/α-hetero) is 1. The van der Waals surface area contributed by atoms with Gasteiger partial charge >= 0.3 is 0 Å². The zero-order valence-electron chi connectivity index (χ0n) is 10.6. The zero-order valence-corrected chi connectivity index (χ0v) is 12.2. The van der Waals surface area contributed by atoms with Crippen molar-refractivity contribution in [2.75, 3.05) is 4.90 Å². The minimum atomic E-state index is -0.716. The van der Waals surface area contributed by atoms with Gasteiger partial charge in [-0.05, 0) is 35.9 Å². The quantitative estimate of drug-likeness (QED) is 0.777. The topological polar surface area (TPSA) is 37.4 Å². The molecule has 1 aliphatic heterocycles. The number of carbonyl (C=O) groups excluding carboxylic acids is 2. The first kappa shape index (κ1) is 13.9. The highest BCUT2D eigenvalue weighted by molar-refractivity contribution is 9.10. The van der Waals surface area contributed by atoms with Crippen molar-refractivity contribution < 1.29 is 18.4 Å². The van der Waals surface area contributed by atoms with Crippen LogP contribution >= 0.6 is 15.9 Å². The molecule has 106 valence electrons. The number of hydrogen-bond donors (Lipinski definition) is 0. The van der Waals surface area contributed by atoms with E-state index in [9.17, 15) is 18.4 Å². The maximum absolute atomic E-state index is 13.4. The summed E-state index contributed by atoms with van der Waals surface area (Å²) in [6, 6.07) is 7.62. The molecule has 0 aromatic heterocycles. The molecule has 6 heteroatoms. The summed E-state index contributed by atoms with van der Waals surface area (Å²) in [5.74, 6) is -2.32. The van der Waals surface area contributed by atoms with Crippen LogP contribution in [0.4, 0.5) is 14.5 Å². The van der Waals surface area contributed by atoms with Gasteiger partial charge in [0.1, 0.15) is 11.6 Å². The van der Waals surface area contributed by atoms with Crippen molar-refractivity contribution in [3.05, 3.63) is 63.6 Å². The molecule has 0 unspecified atom stereocenters. The van der Waals surface area contributed by atoms with Crippen LogP contribution in [0.1, 0.15) is 15.9 Å². The molecular formula is C15H8BrF2NO2. The normalized spacial score (nSPS) is 13.8. The smallest absolute Gasteiger partial charge is 0.299 e. The van der Waals surface area contributed by atoms with E-state index in [2.05, 4.69) is 15.9 Å². The zero-order chi connectivity index (χ0) is 15.1. The van der Waals surface area contributed by atoms with Crippen LogP contribution in [0.5, 0.6) is 0 Å². The molecule has 21 heavy (non-hydrogen) atoms. The number of amides is 1. The summed E-state index contributed by atoms with van der Waals surface area (Å²) < 4.78 is 26.9. The summed E-state index contributed by atoms with van der Waals surface area (Å²) >= 11 is 3.21. The van der Waals surface area contributed by atoms with Crippen LogP contribution in [-0.4, -0.2) is 11.7 Å². The van der Waals surface area contributed by atoms with E-state index in [1.54, 1.807) is 0 Å². The third-order valence-corrected chi connectivity index (χ3v) is 4.02. The minimum absolute atomic E-state index is 0.0574. The molecule has 0 N–H and O–H groups in total. The van der Waals surface area contributed by atoms with Crippen molar-refractivity contribution in [3.8, 4) is 0 Å². The number of rotatable bonds is 2. The summed E-state index contributed by atoms with van der Waals surface area (Å²) in [4.78, 5) is 25.1. The molecule has 0 bridgehead atoms. The van der Waals surface area contributed by atoms with E-state index in [4.69, 9.17) is 0 Å². The summed E-state index contributed by atoms with van der Waals surface area (Å²) in [5, 5.41) is 0. The Morgan fingerprint density at radius 3 is 2.38 bits per heavy atom.